The molecule has 0 heterocycles. The van der Waals surface area contributed by atoms with Gasteiger partial charge in [-0.1, -0.05) is 163 Å². The van der Waals surface area contributed by atoms with E-state index in [1.165, 1.54) is 57.5 Å². The molecule has 176 valence electrons. The van der Waals surface area contributed by atoms with Crippen LogP contribution in [0.1, 0.15) is 101 Å². The second-order valence-corrected chi connectivity index (χ2v) is 16.3. The topological polar surface area (TPSA) is 0 Å². The molecule has 0 radical (unpaired) electrons. The molecule has 2 unspecified atom stereocenters. The Hall–Kier alpha value is -0.0932. The third-order valence-electron chi connectivity index (χ3n) is 6.75. The summed E-state index contributed by atoms with van der Waals surface area (Å²) in [5.41, 5.74) is 3.58. The number of hydrogen-bond donors (Lipinski definition) is 0. The molecule has 0 aliphatic heterocycles. The smallest absolute Gasteiger partial charge is 0.162 e. The average Bonchev–Trinajstić information content (AvgIpc) is 2.66. The summed E-state index contributed by atoms with van der Waals surface area (Å²) in [5, 5.41) is 0. The maximum absolute atomic E-state index is 3.63. The van der Waals surface area contributed by atoms with Gasteiger partial charge < -0.3 is 0 Å². The molecule has 0 aromatic rings. The van der Waals surface area contributed by atoms with Gasteiger partial charge in [-0.05, 0) is 0 Å². The van der Waals surface area contributed by atoms with Gasteiger partial charge in [0.2, 0.25) is 6.71 Å². The van der Waals surface area contributed by atoms with Crippen molar-refractivity contribution >= 4 is 21.5 Å². The Labute approximate surface area is 195 Å². The molecule has 0 aromatic carbocycles. The summed E-state index contributed by atoms with van der Waals surface area (Å²) in [4.78, 5) is 0. The van der Waals surface area contributed by atoms with E-state index < -0.39 is 8.07 Å². The van der Waals surface area contributed by atoms with Gasteiger partial charge in [-0.2, -0.15) is 5.82 Å². The molecule has 0 aliphatic carbocycles. The monoisotopic (exact) mass is 432 g/mol. The number of hydrogen-bond acceptors (Lipinski definition) is 0. The fourth-order valence-corrected chi connectivity index (χ4v) is 4.38. The van der Waals surface area contributed by atoms with E-state index in [2.05, 4.69) is 93.3 Å². The summed E-state index contributed by atoms with van der Waals surface area (Å²) in [5.74, 6) is 6.45. The van der Waals surface area contributed by atoms with E-state index in [-0.39, 0.29) is 0 Å². The number of unbranched alkanes of at least 4 members (excludes halogenated alkanes) is 3. The van der Waals surface area contributed by atoms with Crippen LogP contribution in [0.2, 0.25) is 50.2 Å². The van der Waals surface area contributed by atoms with Crippen molar-refractivity contribution in [3.05, 3.63) is 0 Å². The van der Waals surface area contributed by atoms with Gasteiger partial charge in [-0.15, -0.1) is 5.54 Å². The predicted octanol–water partition coefficient (Wildman–Crippen LogP) is 9.87. The molecule has 0 N–H and O–H groups in total. The number of rotatable bonds is 13. The largest absolute Gasteiger partial charge is 0.236 e. The van der Waals surface area contributed by atoms with Crippen molar-refractivity contribution < 1.29 is 0 Å². The van der Waals surface area contributed by atoms with E-state index >= 15 is 0 Å². The van der Waals surface area contributed by atoms with Crippen molar-refractivity contribution in [1.82, 2.24) is 0 Å². The molecular formula is C27H58B2Si. The molecule has 2 atom stereocenters. The minimum absolute atomic E-state index is 0.557. The van der Waals surface area contributed by atoms with Crippen molar-refractivity contribution in [3.8, 4) is 11.4 Å². The van der Waals surface area contributed by atoms with Gasteiger partial charge in [0.15, 0.2) is 0 Å². The van der Waals surface area contributed by atoms with Crippen LogP contribution < -0.4 is 0 Å². The molecule has 0 saturated carbocycles. The summed E-state index contributed by atoms with van der Waals surface area (Å²) >= 11 is 0. The fourth-order valence-electron chi connectivity index (χ4n) is 3.78. The third kappa shape index (κ3) is 17.6. The molecule has 0 bridgehead atoms. The fraction of sp³-hybridized carbons (Fsp3) is 0.926. The summed E-state index contributed by atoms with van der Waals surface area (Å²) in [6.45, 7) is 29.5. The van der Waals surface area contributed by atoms with Gasteiger partial charge in [-0.25, -0.2) is 0 Å². The van der Waals surface area contributed by atoms with E-state index in [1.807, 2.05) is 0 Å². The van der Waals surface area contributed by atoms with Crippen LogP contribution in [0.15, 0.2) is 0 Å². The Kier molecular flexibility index (Phi) is 19.8. The van der Waals surface area contributed by atoms with E-state index in [9.17, 15) is 0 Å². The van der Waals surface area contributed by atoms with Crippen LogP contribution in [0.3, 0.4) is 0 Å². The molecule has 0 fully saturated rings. The lowest BCUT2D eigenvalue weighted by Gasteiger charge is -2.27. The highest BCUT2D eigenvalue weighted by molar-refractivity contribution is 6.85. The Morgan fingerprint density at radius 2 is 0.967 bits per heavy atom. The molecular weight excluding hydrogens is 374 g/mol. The Morgan fingerprint density at radius 3 is 1.20 bits per heavy atom. The normalized spacial score (nSPS) is 13.3. The highest BCUT2D eigenvalue weighted by Crippen LogP contribution is 2.32. The Bertz CT molecular complexity index is 409. The van der Waals surface area contributed by atoms with E-state index in [1.54, 1.807) is 0 Å². The standard InChI is InChI=1S/C15H31BSi.C12H27B/c1-12(2)14(5)16(15(6)13(3)4)10-11-17(7,8)9;1-4-7-10-13(11-8-5-2)12-9-6-3/h12-15H,1-9H3;4-12H2,1-3H3. The maximum Gasteiger partial charge on any atom is 0.236 e. The van der Waals surface area contributed by atoms with E-state index in [4.69, 9.17) is 0 Å². The van der Waals surface area contributed by atoms with Crippen LogP contribution in [0.5, 0.6) is 0 Å². The van der Waals surface area contributed by atoms with Crippen molar-refractivity contribution in [2.45, 2.75) is 151 Å². The van der Waals surface area contributed by atoms with Gasteiger partial charge in [0.1, 0.15) is 14.8 Å². The van der Waals surface area contributed by atoms with Gasteiger partial charge in [0.25, 0.3) is 0 Å². The molecule has 0 aromatic heterocycles. The summed E-state index contributed by atoms with van der Waals surface area (Å²) in [6.07, 6.45) is 12.9. The third-order valence-corrected chi connectivity index (χ3v) is 7.64. The molecule has 0 spiro atoms. The van der Waals surface area contributed by atoms with Gasteiger partial charge in [0.05, 0.1) is 0 Å². The zero-order chi connectivity index (χ0) is 23.7. The summed E-state index contributed by atoms with van der Waals surface area (Å²) in [6, 6.07) is 0. The van der Waals surface area contributed by atoms with Gasteiger partial charge >= 0.3 is 0 Å². The van der Waals surface area contributed by atoms with Crippen LogP contribution >= 0.6 is 0 Å². The Morgan fingerprint density at radius 1 is 0.633 bits per heavy atom. The molecule has 30 heavy (non-hydrogen) atoms. The lowest BCUT2D eigenvalue weighted by Crippen LogP contribution is -2.30. The molecule has 0 rings (SSSR count). The minimum atomic E-state index is -1.24. The zero-order valence-corrected chi connectivity index (χ0v) is 24.3. The summed E-state index contributed by atoms with van der Waals surface area (Å²) in [7, 11) is -1.24. The van der Waals surface area contributed by atoms with Crippen molar-refractivity contribution in [2.75, 3.05) is 0 Å². The van der Waals surface area contributed by atoms with E-state index in [0.717, 1.165) is 18.5 Å². The first-order chi connectivity index (χ1) is 13.9. The van der Waals surface area contributed by atoms with Gasteiger partial charge in [-0.3, -0.25) is 0 Å². The average molecular weight is 432 g/mol. The van der Waals surface area contributed by atoms with Crippen molar-refractivity contribution in [2.24, 2.45) is 11.8 Å². The lowest BCUT2D eigenvalue weighted by molar-refractivity contribution is 0.568. The highest BCUT2D eigenvalue weighted by Gasteiger charge is 2.30. The first kappa shape index (κ1) is 32.1. The van der Waals surface area contributed by atoms with Crippen LogP contribution in [0.4, 0.5) is 0 Å². The van der Waals surface area contributed by atoms with Crippen molar-refractivity contribution in [3.63, 3.8) is 0 Å². The first-order valence-electron chi connectivity index (χ1n) is 13.4. The first-order valence-corrected chi connectivity index (χ1v) is 16.9. The zero-order valence-electron chi connectivity index (χ0n) is 23.3. The summed E-state index contributed by atoms with van der Waals surface area (Å²) < 4.78 is 0. The van der Waals surface area contributed by atoms with Gasteiger partial charge in [0, 0.05) is 0 Å². The van der Waals surface area contributed by atoms with E-state index in [0.29, 0.717) is 18.3 Å². The minimum Gasteiger partial charge on any atom is -0.162 e. The molecule has 0 amide bonds. The highest BCUT2D eigenvalue weighted by atomic mass is 28.3. The van der Waals surface area contributed by atoms with Crippen LogP contribution in [-0.4, -0.2) is 21.5 Å². The van der Waals surface area contributed by atoms with Crippen molar-refractivity contribution in [1.29, 1.82) is 0 Å². The second kappa shape index (κ2) is 18.5. The molecule has 0 saturated heterocycles. The van der Waals surface area contributed by atoms with Crippen LogP contribution in [0.25, 0.3) is 0 Å². The second-order valence-electron chi connectivity index (χ2n) is 11.5. The Balaban J connectivity index is 0. The molecule has 3 heteroatoms. The SMILES string of the molecule is CC(C)C(C)B(C#C[Si](C)(C)C)C(C)C(C)C.CCCCB(CCCC)CCCC. The van der Waals surface area contributed by atoms with Crippen LogP contribution in [-0.2, 0) is 0 Å². The molecule has 0 aliphatic rings. The maximum atomic E-state index is 3.63. The quantitative estimate of drug-likeness (QED) is 0.201. The predicted molar refractivity (Wildman–Crippen MR) is 150 cm³/mol. The molecule has 0 nitrogen and oxygen atoms in total. The van der Waals surface area contributed by atoms with Crippen LogP contribution in [0, 0.1) is 23.2 Å². The lowest BCUT2D eigenvalue weighted by atomic mass is 9.32.